The molecule has 0 radical (unpaired) electrons. The standard InChI is InChI=1S/C17H23F2NO8S2/c1-6(17(18,19)30(24,25)26)27-15(23)9-8-12-10(20(14(8)22)16(3,4)5)11(13(9)29-12)28-7(2)21/h6,8-13H,1-5H3,(H,24,25,26). The molecule has 7 atom stereocenters. The molecule has 2 bridgehead atoms. The Morgan fingerprint density at radius 3 is 2.27 bits per heavy atom. The minimum absolute atomic E-state index is 0.377. The zero-order chi connectivity index (χ0) is 23.0. The number of halogens is 2. The normalized spacial score (nSPS) is 34.3. The molecule has 3 saturated heterocycles. The number of alkyl halides is 2. The minimum Gasteiger partial charge on any atom is -0.459 e. The summed E-state index contributed by atoms with van der Waals surface area (Å²) < 4.78 is 68.3. The first-order valence-electron chi connectivity index (χ1n) is 9.21. The van der Waals surface area contributed by atoms with Crippen LogP contribution in [0.2, 0.25) is 0 Å². The molecule has 9 nitrogen and oxygen atoms in total. The zero-order valence-corrected chi connectivity index (χ0v) is 18.5. The van der Waals surface area contributed by atoms with Gasteiger partial charge in [0.05, 0.1) is 23.1 Å². The smallest absolute Gasteiger partial charge is 0.405 e. The lowest BCUT2D eigenvalue weighted by atomic mass is 9.78. The maximum atomic E-state index is 13.8. The zero-order valence-electron chi connectivity index (χ0n) is 16.9. The van der Waals surface area contributed by atoms with Gasteiger partial charge in [0, 0.05) is 17.7 Å². The van der Waals surface area contributed by atoms with Crippen LogP contribution < -0.4 is 0 Å². The molecule has 0 aromatic carbocycles. The number of likely N-dealkylation sites (tertiary alicyclic amines) is 1. The number of nitrogens with zero attached hydrogens (tertiary/aromatic N) is 1. The van der Waals surface area contributed by atoms with Gasteiger partial charge in [0.2, 0.25) is 5.91 Å². The van der Waals surface area contributed by atoms with Crippen LogP contribution in [0, 0.1) is 11.8 Å². The van der Waals surface area contributed by atoms with Gasteiger partial charge in [0.15, 0.2) is 6.10 Å². The molecule has 0 aliphatic carbocycles. The summed E-state index contributed by atoms with van der Waals surface area (Å²) in [4.78, 5) is 39.1. The molecular weight excluding hydrogens is 448 g/mol. The SMILES string of the molecule is CC(=O)OC1C2SC3C(C(=O)N(C(C)(C)C)C13)C2C(=O)OC(C)C(F)(F)S(=O)(=O)O. The van der Waals surface area contributed by atoms with Crippen molar-refractivity contribution in [2.45, 2.75) is 74.2 Å². The van der Waals surface area contributed by atoms with Crippen LogP contribution in [-0.2, 0) is 34.0 Å². The van der Waals surface area contributed by atoms with E-state index in [1.54, 1.807) is 25.7 Å². The maximum absolute atomic E-state index is 13.8. The van der Waals surface area contributed by atoms with E-state index in [1.807, 2.05) is 0 Å². The third kappa shape index (κ3) is 3.38. The molecule has 1 amide bonds. The van der Waals surface area contributed by atoms with E-state index >= 15 is 0 Å². The molecule has 170 valence electrons. The molecule has 3 fully saturated rings. The molecule has 0 saturated carbocycles. The van der Waals surface area contributed by atoms with Crippen molar-refractivity contribution in [2.75, 3.05) is 0 Å². The molecule has 3 aliphatic rings. The van der Waals surface area contributed by atoms with Crippen molar-refractivity contribution in [1.82, 2.24) is 4.90 Å². The van der Waals surface area contributed by atoms with Gasteiger partial charge in [-0.3, -0.25) is 18.9 Å². The number of hydrogen-bond donors (Lipinski definition) is 1. The average molecular weight is 472 g/mol. The lowest BCUT2D eigenvalue weighted by molar-refractivity contribution is -0.169. The Hall–Kier alpha value is -1.47. The minimum atomic E-state index is -5.82. The van der Waals surface area contributed by atoms with E-state index in [0.717, 1.165) is 0 Å². The molecule has 7 unspecified atom stereocenters. The summed E-state index contributed by atoms with van der Waals surface area (Å²) in [6, 6.07) is -0.470. The van der Waals surface area contributed by atoms with Crippen LogP contribution in [0.3, 0.4) is 0 Å². The number of esters is 2. The number of rotatable bonds is 5. The monoisotopic (exact) mass is 471 g/mol. The number of fused-ring (bicyclic) bond motifs is 1. The van der Waals surface area contributed by atoms with Crippen molar-refractivity contribution >= 4 is 39.7 Å². The topological polar surface area (TPSA) is 127 Å². The van der Waals surface area contributed by atoms with Crippen LogP contribution >= 0.6 is 11.8 Å². The van der Waals surface area contributed by atoms with Crippen molar-refractivity contribution in [3.8, 4) is 0 Å². The molecular formula is C17H23F2NO8S2. The van der Waals surface area contributed by atoms with E-state index in [1.165, 1.54) is 18.7 Å². The van der Waals surface area contributed by atoms with Gasteiger partial charge in [-0.1, -0.05) is 0 Å². The first kappa shape index (κ1) is 23.2. The molecule has 30 heavy (non-hydrogen) atoms. The highest BCUT2D eigenvalue weighted by molar-refractivity contribution is 8.01. The largest absolute Gasteiger partial charge is 0.459 e. The summed E-state index contributed by atoms with van der Waals surface area (Å²) in [5.74, 6) is -4.25. The second-order valence-corrected chi connectivity index (χ2v) is 11.5. The Balaban J connectivity index is 1.93. The van der Waals surface area contributed by atoms with E-state index < -0.39 is 73.4 Å². The van der Waals surface area contributed by atoms with Crippen LogP contribution in [0.25, 0.3) is 0 Å². The fourth-order valence-corrected chi connectivity index (χ4v) is 7.07. The van der Waals surface area contributed by atoms with Gasteiger partial charge >= 0.3 is 27.3 Å². The van der Waals surface area contributed by atoms with E-state index in [4.69, 9.17) is 14.0 Å². The van der Waals surface area contributed by atoms with Crippen molar-refractivity contribution in [3.63, 3.8) is 0 Å². The molecule has 3 aliphatic heterocycles. The lowest BCUT2D eigenvalue weighted by Crippen LogP contribution is -2.54. The van der Waals surface area contributed by atoms with Gasteiger partial charge in [-0.05, 0) is 27.7 Å². The fraction of sp³-hybridized carbons (Fsp3) is 0.824. The highest BCUT2D eigenvalue weighted by Gasteiger charge is 2.73. The lowest BCUT2D eigenvalue weighted by Gasteiger charge is -2.39. The highest BCUT2D eigenvalue weighted by atomic mass is 32.2. The number of carbonyl (C=O) groups excluding carboxylic acids is 3. The number of ether oxygens (including phenoxy) is 2. The first-order valence-corrected chi connectivity index (χ1v) is 11.6. The van der Waals surface area contributed by atoms with E-state index in [0.29, 0.717) is 6.92 Å². The molecule has 0 aromatic rings. The first-order chi connectivity index (χ1) is 13.5. The highest BCUT2D eigenvalue weighted by Crippen LogP contribution is 2.61. The molecule has 3 heterocycles. The van der Waals surface area contributed by atoms with Gasteiger partial charge in [-0.15, -0.1) is 11.8 Å². The number of hydrogen-bond acceptors (Lipinski definition) is 8. The number of thioether (sulfide) groups is 1. The number of amides is 1. The summed E-state index contributed by atoms with van der Waals surface area (Å²) in [7, 11) is -5.82. The van der Waals surface area contributed by atoms with Crippen LogP contribution in [0.15, 0.2) is 0 Å². The van der Waals surface area contributed by atoms with Gasteiger partial charge in [-0.25, -0.2) is 0 Å². The van der Waals surface area contributed by atoms with Crippen molar-refractivity contribution < 1.29 is 45.6 Å². The predicted octanol–water partition coefficient (Wildman–Crippen LogP) is 1.07. The quantitative estimate of drug-likeness (QED) is 0.463. The maximum Gasteiger partial charge on any atom is 0.405 e. The van der Waals surface area contributed by atoms with Crippen LogP contribution in [-0.4, -0.2) is 75.3 Å². The van der Waals surface area contributed by atoms with Gasteiger partial charge < -0.3 is 14.4 Å². The molecule has 13 heteroatoms. The van der Waals surface area contributed by atoms with Crippen LogP contribution in [0.5, 0.6) is 0 Å². The Morgan fingerprint density at radius 2 is 1.80 bits per heavy atom. The van der Waals surface area contributed by atoms with E-state index in [9.17, 15) is 31.6 Å². The predicted molar refractivity (Wildman–Crippen MR) is 100 cm³/mol. The van der Waals surface area contributed by atoms with Gasteiger partial charge in [-0.2, -0.15) is 17.2 Å². The van der Waals surface area contributed by atoms with Crippen molar-refractivity contribution in [2.24, 2.45) is 11.8 Å². The average Bonchev–Trinajstić information content (AvgIpc) is 3.14. The summed E-state index contributed by atoms with van der Waals surface area (Å²) in [6.07, 6.45) is -3.32. The Labute approximate surface area is 176 Å². The van der Waals surface area contributed by atoms with E-state index in [-0.39, 0.29) is 5.91 Å². The van der Waals surface area contributed by atoms with Crippen LogP contribution in [0.4, 0.5) is 8.78 Å². The second-order valence-electron chi connectivity index (χ2n) is 8.68. The number of carbonyl (C=O) groups is 3. The Bertz CT molecular complexity index is 887. The second kappa shape index (κ2) is 7.02. The van der Waals surface area contributed by atoms with Gasteiger partial charge in [0.1, 0.15) is 6.10 Å². The molecule has 3 rings (SSSR count). The third-order valence-electron chi connectivity index (χ3n) is 5.63. The summed E-state index contributed by atoms with van der Waals surface area (Å²) in [6.45, 7) is 7.20. The summed E-state index contributed by atoms with van der Waals surface area (Å²) in [5, 5.41) is -5.83. The van der Waals surface area contributed by atoms with Crippen LogP contribution in [0.1, 0.15) is 34.6 Å². The third-order valence-corrected chi connectivity index (χ3v) is 8.42. The molecule has 1 N–H and O–H groups in total. The van der Waals surface area contributed by atoms with E-state index in [2.05, 4.69) is 0 Å². The van der Waals surface area contributed by atoms with Gasteiger partial charge in [0.25, 0.3) is 0 Å². The Kier molecular flexibility index (Phi) is 5.43. The summed E-state index contributed by atoms with van der Waals surface area (Å²) >= 11 is 1.26. The summed E-state index contributed by atoms with van der Waals surface area (Å²) in [5.41, 5.74) is -0.646. The fourth-order valence-electron chi connectivity index (χ4n) is 4.53. The Morgan fingerprint density at radius 1 is 1.23 bits per heavy atom. The molecule has 0 spiro atoms. The van der Waals surface area contributed by atoms with Crippen molar-refractivity contribution in [1.29, 1.82) is 0 Å². The molecule has 0 aromatic heterocycles. The van der Waals surface area contributed by atoms with Crippen molar-refractivity contribution in [3.05, 3.63) is 0 Å².